The molecule has 6 nitrogen and oxygen atoms in total. The Morgan fingerprint density at radius 1 is 1.06 bits per heavy atom. The zero-order chi connectivity index (χ0) is 24.5. The second-order valence-electron chi connectivity index (χ2n) is 10.9. The molecule has 0 bridgehead atoms. The molecule has 34 heavy (non-hydrogen) atoms. The van der Waals surface area contributed by atoms with E-state index in [9.17, 15) is 4.79 Å². The van der Waals surface area contributed by atoms with E-state index < -0.39 is 8.32 Å². The van der Waals surface area contributed by atoms with Gasteiger partial charge >= 0.3 is 0 Å². The standard InChI is InChI=1S/C27H38N4O2Si/c1-20-8-7-9-22-23(20)18-24(29-26(22)32)21-10-11-25(28-19-21)31-14-12-30(13-15-31)16-17-33-34(5,6)27(2,3)4/h7-11,18-19H,12-17H2,1-6H3,(H,29,32). The average Bonchev–Trinajstić information content (AvgIpc) is 2.79. The van der Waals surface area contributed by atoms with Gasteiger partial charge in [0.2, 0.25) is 0 Å². The van der Waals surface area contributed by atoms with Gasteiger partial charge < -0.3 is 14.3 Å². The molecule has 1 N–H and O–H groups in total. The van der Waals surface area contributed by atoms with Crippen LogP contribution in [0.2, 0.25) is 18.1 Å². The maximum atomic E-state index is 12.6. The van der Waals surface area contributed by atoms with Crippen molar-refractivity contribution in [2.45, 2.75) is 45.8 Å². The third-order valence-electron chi connectivity index (χ3n) is 7.54. The number of pyridine rings is 2. The van der Waals surface area contributed by atoms with Crippen molar-refractivity contribution in [1.82, 2.24) is 14.9 Å². The summed E-state index contributed by atoms with van der Waals surface area (Å²) in [6.45, 7) is 19.3. The molecule has 7 heteroatoms. The summed E-state index contributed by atoms with van der Waals surface area (Å²) in [7, 11) is -1.68. The van der Waals surface area contributed by atoms with Crippen LogP contribution in [0, 0.1) is 6.92 Å². The molecule has 0 amide bonds. The predicted molar refractivity (Wildman–Crippen MR) is 144 cm³/mol. The Morgan fingerprint density at radius 3 is 2.44 bits per heavy atom. The van der Waals surface area contributed by atoms with Crippen LogP contribution in [0.15, 0.2) is 47.4 Å². The van der Waals surface area contributed by atoms with E-state index in [0.29, 0.717) is 0 Å². The molecule has 0 saturated carbocycles. The van der Waals surface area contributed by atoms with Crippen molar-refractivity contribution in [3.63, 3.8) is 0 Å². The summed E-state index contributed by atoms with van der Waals surface area (Å²) in [4.78, 5) is 25.1. The molecular weight excluding hydrogens is 440 g/mol. The number of rotatable bonds is 6. The Kier molecular flexibility index (Phi) is 6.98. The lowest BCUT2D eigenvalue weighted by atomic mass is 10.0. The summed E-state index contributed by atoms with van der Waals surface area (Å²) >= 11 is 0. The molecule has 182 valence electrons. The highest BCUT2D eigenvalue weighted by Gasteiger charge is 2.37. The van der Waals surface area contributed by atoms with Gasteiger partial charge in [0.25, 0.3) is 5.56 Å². The van der Waals surface area contributed by atoms with Crippen LogP contribution in [0.5, 0.6) is 0 Å². The van der Waals surface area contributed by atoms with Gasteiger partial charge in [-0.15, -0.1) is 0 Å². The van der Waals surface area contributed by atoms with Crippen molar-refractivity contribution in [2.24, 2.45) is 0 Å². The molecule has 1 aromatic carbocycles. The fourth-order valence-electron chi connectivity index (χ4n) is 4.18. The highest BCUT2D eigenvalue weighted by molar-refractivity contribution is 6.74. The number of H-pyrrole nitrogens is 1. The van der Waals surface area contributed by atoms with E-state index in [1.807, 2.05) is 37.4 Å². The quantitative estimate of drug-likeness (QED) is 0.503. The number of anilines is 1. The monoisotopic (exact) mass is 478 g/mol. The number of nitrogens with one attached hydrogen (secondary N) is 1. The van der Waals surface area contributed by atoms with Crippen molar-refractivity contribution >= 4 is 24.9 Å². The Labute approximate surface area is 204 Å². The maximum absolute atomic E-state index is 12.6. The van der Waals surface area contributed by atoms with Crippen LogP contribution in [0.25, 0.3) is 22.0 Å². The summed E-state index contributed by atoms with van der Waals surface area (Å²) in [6, 6.07) is 12.0. The minimum Gasteiger partial charge on any atom is -0.416 e. The zero-order valence-electron chi connectivity index (χ0n) is 21.4. The lowest BCUT2D eigenvalue weighted by molar-refractivity contribution is 0.190. The van der Waals surface area contributed by atoms with Crippen LogP contribution in [0.1, 0.15) is 26.3 Å². The highest BCUT2D eigenvalue weighted by atomic mass is 28.4. The number of benzene rings is 1. The molecule has 1 fully saturated rings. The van der Waals surface area contributed by atoms with Crippen molar-refractivity contribution in [1.29, 1.82) is 0 Å². The number of aryl methyl sites for hydroxylation is 1. The van der Waals surface area contributed by atoms with Crippen molar-refractivity contribution in [2.75, 3.05) is 44.2 Å². The van der Waals surface area contributed by atoms with Gasteiger partial charge in [-0.3, -0.25) is 9.69 Å². The van der Waals surface area contributed by atoms with E-state index in [1.54, 1.807) is 0 Å². The van der Waals surface area contributed by atoms with Gasteiger partial charge in [-0.1, -0.05) is 32.9 Å². The second kappa shape index (κ2) is 9.64. The number of fused-ring (bicyclic) bond motifs is 1. The van der Waals surface area contributed by atoms with Crippen molar-refractivity contribution in [3.8, 4) is 11.3 Å². The van der Waals surface area contributed by atoms with E-state index in [-0.39, 0.29) is 10.6 Å². The van der Waals surface area contributed by atoms with E-state index in [4.69, 9.17) is 9.41 Å². The molecule has 1 aliphatic heterocycles. The van der Waals surface area contributed by atoms with E-state index in [1.165, 1.54) is 0 Å². The molecule has 4 rings (SSSR count). The Bertz CT molecular complexity index is 1190. The van der Waals surface area contributed by atoms with Gasteiger partial charge in [-0.05, 0) is 60.3 Å². The summed E-state index contributed by atoms with van der Waals surface area (Å²) < 4.78 is 6.35. The lowest BCUT2D eigenvalue weighted by Crippen LogP contribution is -2.49. The first kappa shape index (κ1) is 24.6. The molecule has 0 radical (unpaired) electrons. The van der Waals surface area contributed by atoms with Crippen molar-refractivity contribution in [3.05, 3.63) is 58.5 Å². The number of nitrogens with zero attached hydrogens (tertiary/aromatic N) is 3. The van der Waals surface area contributed by atoms with Crippen molar-refractivity contribution < 1.29 is 4.43 Å². The summed E-state index contributed by atoms with van der Waals surface area (Å²) in [5.74, 6) is 0.986. The molecule has 0 unspecified atom stereocenters. The van der Waals surface area contributed by atoms with Gasteiger partial charge in [-0.2, -0.15) is 0 Å². The first-order chi connectivity index (χ1) is 16.0. The van der Waals surface area contributed by atoms with Crippen LogP contribution in [-0.4, -0.2) is 62.5 Å². The van der Waals surface area contributed by atoms with Gasteiger partial charge in [0.15, 0.2) is 8.32 Å². The Balaban J connectivity index is 1.35. The predicted octanol–water partition coefficient (Wildman–Crippen LogP) is 5.04. The summed E-state index contributed by atoms with van der Waals surface area (Å²) in [6.07, 6.45) is 1.87. The minimum atomic E-state index is -1.68. The van der Waals surface area contributed by atoms with E-state index in [0.717, 1.165) is 72.7 Å². The minimum absolute atomic E-state index is 0.0612. The van der Waals surface area contributed by atoms with Gasteiger partial charge in [0.05, 0.1) is 5.69 Å². The largest absolute Gasteiger partial charge is 0.416 e. The Morgan fingerprint density at radius 2 is 1.79 bits per heavy atom. The van der Waals surface area contributed by atoms with Crippen LogP contribution < -0.4 is 10.5 Å². The summed E-state index contributed by atoms with van der Waals surface area (Å²) in [5, 5.41) is 1.96. The fraction of sp³-hybridized carbons (Fsp3) is 0.481. The third-order valence-corrected chi connectivity index (χ3v) is 12.1. The molecule has 2 aromatic heterocycles. The van der Waals surface area contributed by atoms with Gasteiger partial charge in [0.1, 0.15) is 5.82 Å². The SMILES string of the molecule is Cc1cccc2c(=O)[nH]c(-c3ccc(N4CCN(CCO[Si](C)(C)C(C)(C)C)CC4)nc3)cc12. The van der Waals surface area contributed by atoms with Crippen LogP contribution in [0.3, 0.4) is 0 Å². The number of piperazine rings is 1. The highest BCUT2D eigenvalue weighted by Crippen LogP contribution is 2.36. The van der Waals surface area contributed by atoms with Gasteiger partial charge in [0, 0.05) is 56.5 Å². The third kappa shape index (κ3) is 5.27. The molecule has 1 aliphatic rings. The number of aromatic amines is 1. The molecule has 0 aliphatic carbocycles. The molecule has 0 spiro atoms. The second-order valence-corrected chi connectivity index (χ2v) is 15.7. The van der Waals surface area contributed by atoms with Crippen LogP contribution in [-0.2, 0) is 4.43 Å². The average molecular weight is 479 g/mol. The smallest absolute Gasteiger partial charge is 0.256 e. The first-order valence-corrected chi connectivity index (χ1v) is 15.2. The maximum Gasteiger partial charge on any atom is 0.256 e. The normalized spacial score (nSPS) is 15.8. The van der Waals surface area contributed by atoms with E-state index >= 15 is 0 Å². The molecule has 3 heterocycles. The molecule has 0 atom stereocenters. The number of hydrogen-bond donors (Lipinski definition) is 1. The van der Waals surface area contributed by atoms with Crippen LogP contribution in [0.4, 0.5) is 5.82 Å². The first-order valence-electron chi connectivity index (χ1n) is 12.3. The summed E-state index contributed by atoms with van der Waals surface area (Å²) in [5.41, 5.74) is 2.76. The fourth-order valence-corrected chi connectivity index (χ4v) is 5.21. The van der Waals surface area contributed by atoms with Gasteiger partial charge in [-0.25, -0.2) is 4.98 Å². The van der Waals surface area contributed by atoms with E-state index in [2.05, 4.69) is 60.8 Å². The zero-order valence-corrected chi connectivity index (χ0v) is 22.4. The Hall–Kier alpha value is -2.48. The molecule has 1 saturated heterocycles. The number of hydrogen-bond acceptors (Lipinski definition) is 5. The van der Waals surface area contributed by atoms with Crippen LogP contribution >= 0.6 is 0 Å². The molecular formula is C27H38N4O2Si. The number of aromatic nitrogens is 2. The molecule has 3 aromatic rings. The lowest BCUT2D eigenvalue weighted by Gasteiger charge is -2.38. The topological polar surface area (TPSA) is 61.5 Å².